The van der Waals surface area contributed by atoms with Crippen molar-refractivity contribution < 1.29 is 9.47 Å². The molecule has 2 nitrogen and oxygen atoms in total. The van der Waals surface area contributed by atoms with Crippen molar-refractivity contribution >= 4 is 0 Å². The summed E-state index contributed by atoms with van der Waals surface area (Å²) in [5, 5.41) is 0. The van der Waals surface area contributed by atoms with Crippen LogP contribution in [-0.4, -0.2) is 18.0 Å². The lowest BCUT2D eigenvalue weighted by molar-refractivity contribution is -0.146. The van der Waals surface area contributed by atoms with Crippen molar-refractivity contribution in [2.24, 2.45) is 59.2 Å². The van der Waals surface area contributed by atoms with Crippen LogP contribution in [0.2, 0.25) is 0 Å². The van der Waals surface area contributed by atoms with Gasteiger partial charge in [0.1, 0.15) is 0 Å². The van der Waals surface area contributed by atoms with E-state index < -0.39 is 0 Å². The summed E-state index contributed by atoms with van der Waals surface area (Å²) < 4.78 is 11.4. The van der Waals surface area contributed by atoms with E-state index in [1.165, 1.54) is 77.0 Å². The van der Waals surface area contributed by atoms with Gasteiger partial charge in [0.15, 0.2) is 5.79 Å². The van der Waals surface area contributed by atoms with Crippen molar-refractivity contribution in [1.29, 1.82) is 0 Å². The van der Waals surface area contributed by atoms with Crippen LogP contribution < -0.4 is 0 Å². The molecule has 4 aliphatic rings. The molecule has 294 valence electrons. The van der Waals surface area contributed by atoms with Gasteiger partial charge in [-0.25, -0.2) is 0 Å². The summed E-state index contributed by atoms with van der Waals surface area (Å²) in [4.78, 5) is 0. The fraction of sp³-hybridized carbons (Fsp3) is 1.00. The summed E-state index contributed by atoms with van der Waals surface area (Å²) in [6, 6.07) is 0. The van der Waals surface area contributed by atoms with Crippen LogP contribution in [0.4, 0.5) is 0 Å². The average molecular weight is 683 g/mol. The minimum Gasteiger partial charge on any atom is -0.345 e. The van der Waals surface area contributed by atoms with Gasteiger partial charge in [0.2, 0.25) is 0 Å². The van der Waals surface area contributed by atoms with Gasteiger partial charge in [-0.05, 0) is 98.7 Å². The van der Waals surface area contributed by atoms with Crippen LogP contribution in [0.25, 0.3) is 0 Å². The molecule has 1 heterocycles. The third-order valence-electron chi connectivity index (χ3n) is 12.0. The summed E-state index contributed by atoms with van der Waals surface area (Å²) in [5.41, 5.74) is 0. The summed E-state index contributed by atoms with van der Waals surface area (Å²) in [7, 11) is 0. The van der Waals surface area contributed by atoms with Crippen molar-refractivity contribution in [2.45, 2.75) is 240 Å². The fourth-order valence-corrected chi connectivity index (χ4v) is 6.32. The molecule has 2 heteroatoms. The average Bonchev–Trinajstić information content (AvgIpc) is 3.31. The monoisotopic (exact) mass is 683 g/mol. The molecule has 2 unspecified atom stereocenters. The smallest absolute Gasteiger partial charge is 0.163 e. The molecule has 48 heavy (non-hydrogen) atoms. The normalized spacial score (nSPS) is 29.9. The lowest BCUT2D eigenvalue weighted by Gasteiger charge is -2.35. The minimum atomic E-state index is -0.360. The van der Waals surface area contributed by atoms with Gasteiger partial charge in [0.25, 0.3) is 0 Å². The van der Waals surface area contributed by atoms with E-state index in [2.05, 4.69) is 111 Å². The Labute approximate surface area is 307 Å². The molecule has 0 radical (unpaired) electrons. The van der Waals surface area contributed by atoms with Gasteiger partial charge in [0.05, 0.1) is 12.2 Å². The van der Waals surface area contributed by atoms with Crippen molar-refractivity contribution in [3.8, 4) is 0 Å². The fourth-order valence-electron chi connectivity index (χ4n) is 6.32. The number of hydrogen-bond donors (Lipinski definition) is 0. The van der Waals surface area contributed by atoms with E-state index in [1.807, 2.05) is 13.8 Å². The van der Waals surface area contributed by atoms with E-state index in [0.717, 1.165) is 72.0 Å². The van der Waals surface area contributed by atoms with Gasteiger partial charge in [0, 0.05) is 0 Å². The molecule has 0 aromatic heterocycles. The van der Waals surface area contributed by atoms with Gasteiger partial charge < -0.3 is 9.47 Å². The molecule has 1 saturated heterocycles. The first kappa shape index (κ1) is 52.3. The molecule has 0 N–H and O–H groups in total. The van der Waals surface area contributed by atoms with Gasteiger partial charge in [-0.2, -0.15) is 0 Å². The van der Waals surface area contributed by atoms with Crippen molar-refractivity contribution in [3.05, 3.63) is 0 Å². The zero-order valence-corrected chi connectivity index (χ0v) is 36.1. The molecule has 0 amide bonds. The quantitative estimate of drug-likeness (QED) is 0.254. The van der Waals surface area contributed by atoms with E-state index in [9.17, 15) is 0 Å². The molecule has 3 saturated carbocycles. The SMILES string of the molecule is C.CC(C)C(C)C.CC(C)CCC(C)C.CCC1OC(C)(C)OC1CC.CC[C@@H]1CC[C@H]1CC.C[C@@H]1CCCC[C@H]1C.C[C@@H]1CC[C@H]1C. The highest BCUT2D eigenvalue weighted by atomic mass is 16.7. The predicted molar refractivity (Wildman–Crippen MR) is 221 cm³/mol. The molecule has 1 aliphatic heterocycles. The Hall–Kier alpha value is -0.0800. The third kappa shape index (κ3) is 25.8. The van der Waals surface area contributed by atoms with E-state index in [0.29, 0.717) is 12.2 Å². The van der Waals surface area contributed by atoms with Gasteiger partial charge in [-0.3, -0.25) is 0 Å². The summed E-state index contributed by atoms with van der Waals surface area (Å²) in [6.07, 6.45) is 20.2. The number of ether oxygens (including phenoxy) is 2. The molecule has 0 aromatic carbocycles. The Morgan fingerprint density at radius 3 is 0.917 bits per heavy atom. The maximum Gasteiger partial charge on any atom is 0.163 e. The summed E-state index contributed by atoms with van der Waals surface area (Å²) in [5.74, 6) is 9.38. The minimum absolute atomic E-state index is 0. The first-order valence-electron chi connectivity index (χ1n) is 21.2. The highest BCUT2D eigenvalue weighted by Crippen LogP contribution is 2.38. The summed E-state index contributed by atoms with van der Waals surface area (Å²) in [6.45, 7) is 40.3. The Kier molecular flexibility index (Phi) is 32.1. The Morgan fingerprint density at radius 1 is 0.479 bits per heavy atom. The molecule has 0 spiro atoms. The molecular formula is C46H98O2. The lowest BCUT2D eigenvalue weighted by Crippen LogP contribution is -2.23. The van der Waals surface area contributed by atoms with Crippen LogP contribution in [0.15, 0.2) is 0 Å². The largest absolute Gasteiger partial charge is 0.345 e. The molecule has 0 aromatic rings. The zero-order chi connectivity index (χ0) is 36.7. The second-order valence-electron chi connectivity index (χ2n) is 18.1. The molecule has 8 atom stereocenters. The predicted octanol–water partition coefficient (Wildman–Crippen LogP) is 16.1. The van der Waals surface area contributed by atoms with Crippen molar-refractivity contribution in [1.82, 2.24) is 0 Å². The third-order valence-corrected chi connectivity index (χ3v) is 12.0. The second-order valence-corrected chi connectivity index (χ2v) is 18.1. The van der Waals surface area contributed by atoms with Crippen molar-refractivity contribution in [3.63, 3.8) is 0 Å². The molecule has 4 fully saturated rings. The highest BCUT2D eigenvalue weighted by molar-refractivity contribution is 4.79. The first-order valence-corrected chi connectivity index (χ1v) is 21.2. The van der Waals surface area contributed by atoms with Crippen molar-refractivity contribution in [2.75, 3.05) is 0 Å². The Bertz CT molecular complexity index is 614. The van der Waals surface area contributed by atoms with E-state index in [4.69, 9.17) is 9.47 Å². The first-order chi connectivity index (χ1) is 21.8. The van der Waals surface area contributed by atoms with Gasteiger partial charge in [-0.1, -0.05) is 182 Å². The zero-order valence-electron chi connectivity index (χ0n) is 36.1. The van der Waals surface area contributed by atoms with Gasteiger partial charge in [-0.15, -0.1) is 0 Å². The lowest BCUT2D eigenvalue weighted by atomic mass is 9.71. The Morgan fingerprint density at radius 2 is 0.771 bits per heavy atom. The van der Waals surface area contributed by atoms with Crippen LogP contribution in [0.3, 0.4) is 0 Å². The van der Waals surface area contributed by atoms with Gasteiger partial charge >= 0.3 is 0 Å². The van der Waals surface area contributed by atoms with E-state index >= 15 is 0 Å². The molecular weight excluding hydrogens is 585 g/mol. The Balaban J connectivity index is -0.000000510. The summed E-state index contributed by atoms with van der Waals surface area (Å²) >= 11 is 0. The van der Waals surface area contributed by atoms with Crippen LogP contribution >= 0.6 is 0 Å². The molecule has 4 rings (SSSR count). The second kappa shape index (κ2) is 29.5. The van der Waals surface area contributed by atoms with Crippen LogP contribution in [0.1, 0.15) is 222 Å². The van der Waals surface area contributed by atoms with Crippen LogP contribution in [0.5, 0.6) is 0 Å². The standard InChI is InChI=1S/C9H18O2.2C8H16.C8H18.C6H12.C6H14.CH4/c1-5-7-8(6-2)11-9(3,4)10-7;1-7-5-3-4-6-8(7)2;1-3-7-5-6-8(7)4-2;1-7(2)5-6-8(3)4;1-5-3-4-6(5)2;1-5(2)6(3)4;/h7-8H,5-6H2,1-4H3;2*7-8H,3-6H2,1-2H3;7-8H,5-6H2,1-4H3;5-6H,3-4H2,1-2H3;5-6H,1-4H3;1H4/t;2*7-,8-;;5-,6-;;/m.11.1../s1. The highest BCUT2D eigenvalue weighted by Gasteiger charge is 2.38. The maximum atomic E-state index is 5.68. The topological polar surface area (TPSA) is 18.5 Å². The van der Waals surface area contributed by atoms with Crippen LogP contribution in [-0.2, 0) is 9.47 Å². The molecule has 0 bridgehead atoms. The van der Waals surface area contributed by atoms with E-state index in [1.54, 1.807) is 0 Å². The van der Waals surface area contributed by atoms with E-state index in [-0.39, 0.29) is 13.2 Å². The number of hydrogen-bond acceptors (Lipinski definition) is 2. The van der Waals surface area contributed by atoms with Crippen LogP contribution in [0, 0.1) is 59.2 Å². The maximum absolute atomic E-state index is 5.68. The number of rotatable bonds is 8. The molecule has 3 aliphatic carbocycles.